The van der Waals surface area contributed by atoms with Crippen molar-refractivity contribution in [3.05, 3.63) is 29.3 Å². The van der Waals surface area contributed by atoms with E-state index >= 15 is 0 Å². The van der Waals surface area contributed by atoms with E-state index < -0.39 is 18.2 Å². The molecule has 0 fully saturated rings. The monoisotopic (exact) mass is 227 g/mol. The molecule has 2 atom stereocenters. The van der Waals surface area contributed by atoms with Gasteiger partial charge in [0.2, 0.25) is 0 Å². The number of aliphatic carboxylic acids is 1. The first-order chi connectivity index (χ1) is 7.49. The van der Waals surface area contributed by atoms with E-state index in [1.165, 1.54) is 20.1 Å². The van der Waals surface area contributed by atoms with Crippen LogP contribution in [-0.2, 0) is 4.79 Å². The summed E-state index contributed by atoms with van der Waals surface area (Å²) in [5.74, 6) is -0.927. The van der Waals surface area contributed by atoms with Crippen molar-refractivity contribution in [3.8, 4) is 5.75 Å². The van der Waals surface area contributed by atoms with Crippen molar-refractivity contribution in [3.63, 3.8) is 0 Å². The minimum Gasteiger partial charge on any atom is -0.496 e. The second-order valence-corrected chi connectivity index (χ2v) is 3.40. The molecule has 0 spiro atoms. The van der Waals surface area contributed by atoms with E-state index in [1.54, 1.807) is 12.1 Å². The van der Waals surface area contributed by atoms with Crippen LogP contribution in [0.2, 0.25) is 0 Å². The number of benzene rings is 1. The van der Waals surface area contributed by atoms with E-state index in [2.05, 4.69) is 0 Å². The number of hydrogen-bond acceptors (Lipinski definition) is 3. The smallest absolute Gasteiger partial charge is 0.325 e. The summed E-state index contributed by atoms with van der Waals surface area (Å²) in [5.41, 5.74) is 5.94. The Kier molecular flexibility index (Phi) is 3.84. The molecule has 0 heterocycles. The standard InChI is InChI=1S/C11H14FNO3/c1-6(12)7-4-3-5-8(16-2)9(7)10(13)11(14)15/h3-6,10H,13H2,1-2H3,(H,14,15). The number of carboxylic acids is 1. The zero-order chi connectivity index (χ0) is 12.3. The van der Waals surface area contributed by atoms with Crippen LogP contribution in [-0.4, -0.2) is 18.2 Å². The Morgan fingerprint density at radius 3 is 2.62 bits per heavy atom. The highest BCUT2D eigenvalue weighted by Gasteiger charge is 2.24. The SMILES string of the molecule is COc1cccc(C(C)F)c1C(N)C(=O)O. The summed E-state index contributed by atoms with van der Waals surface area (Å²) in [6.07, 6.45) is -1.30. The molecule has 0 saturated heterocycles. The zero-order valence-corrected chi connectivity index (χ0v) is 9.11. The number of rotatable bonds is 4. The van der Waals surface area contributed by atoms with Crippen LogP contribution in [0.15, 0.2) is 18.2 Å². The van der Waals surface area contributed by atoms with Gasteiger partial charge in [0.1, 0.15) is 18.0 Å². The van der Waals surface area contributed by atoms with Crippen LogP contribution in [0.1, 0.15) is 30.3 Å². The lowest BCUT2D eigenvalue weighted by molar-refractivity contribution is -0.138. The van der Waals surface area contributed by atoms with Crippen LogP contribution in [0.4, 0.5) is 4.39 Å². The number of nitrogens with two attached hydrogens (primary N) is 1. The average Bonchev–Trinajstić information content (AvgIpc) is 2.26. The van der Waals surface area contributed by atoms with Gasteiger partial charge in [0.05, 0.1) is 7.11 Å². The molecule has 3 N–H and O–H groups in total. The van der Waals surface area contributed by atoms with E-state index in [0.717, 1.165) is 0 Å². The van der Waals surface area contributed by atoms with Crippen molar-refractivity contribution < 1.29 is 19.0 Å². The second-order valence-electron chi connectivity index (χ2n) is 3.40. The van der Waals surface area contributed by atoms with Crippen molar-refractivity contribution in [2.45, 2.75) is 19.1 Å². The Bertz CT molecular complexity index is 393. The molecule has 2 unspecified atom stereocenters. The number of ether oxygens (including phenoxy) is 1. The molecule has 0 radical (unpaired) electrons. The van der Waals surface area contributed by atoms with Gasteiger partial charge < -0.3 is 15.6 Å². The highest BCUT2D eigenvalue weighted by atomic mass is 19.1. The van der Waals surface area contributed by atoms with Gasteiger partial charge in [-0.1, -0.05) is 12.1 Å². The minimum atomic E-state index is -1.30. The molecule has 0 saturated carbocycles. The zero-order valence-electron chi connectivity index (χ0n) is 9.11. The van der Waals surface area contributed by atoms with Crippen molar-refractivity contribution in [2.24, 2.45) is 5.73 Å². The molecule has 1 aromatic carbocycles. The van der Waals surface area contributed by atoms with E-state index in [1.807, 2.05) is 0 Å². The van der Waals surface area contributed by atoms with Crippen molar-refractivity contribution in [2.75, 3.05) is 7.11 Å². The quantitative estimate of drug-likeness (QED) is 0.822. The van der Waals surface area contributed by atoms with Gasteiger partial charge in [-0.25, -0.2) is 4.39 Å². The molecule has 0 aliphatic heterocycles. The molecule has 1 rings (SSSR count). The average molecular weight is 227 g/mol. The van der Waals surface area contributed by atoms with Gasteiger partial charge in [0, 0.05) is 5.56 Å². The fourth-order valence-corrected chi connectivity index (χ4v) is 1.54. The maximum Gasteiger partial charge on any atom is 0.325 e. The molecule has 0 aromatic heterocycles. The van der Waals surface area contributed by atoms with Crippen LogP contribution in [0.3, 0.4) is 0 Å². The number of carboxylic acid groups (broad SMARTS) is 1. The van der Waals surface area contributed by atoms with Crippen LogP contribution >= 0.6 is 0 Å². The predicted molar refractivity (Wildman–Crippen MR) is 57.1 cm³/mol. The third-order valence-corrected chi connectivity index (χ3v) is 2.33. The molecular formula is C11H14FNO3. The summed E-state index contributed by atoms with van der Waals surface area (Å²) in [6.45, 7) is 1.33. The Labute approximate surface area is 92.8 Å². The third-order valence-electron chi connectivity index (χ3n) is 2.33. The molecule has 1 aromatic rings. The van der Waals surface area contributed by atoms with Gasteiger partial charge in [-0.05, 0) is 18.6 Å². The Hall–Kier alpha value is -1.62. The number of carbonyl (C=O) groups is 1. The van der Waals surface area contributed by atoms with E-state index in [-0.39, 0.29) is 16.9 Å². The normalized spacial score (nSPS) is 14.2. The summed E-state index contributed by atoms with van der Waals surface area (Å²) in [5, 5.41) is 8.86. The Balaban J connectivity index is 3.35. The van der Waals surface area contributed by atoms with Crippen LogP contribution in [0.5, 0.6) is 5.75 Å². The lowest BCUT2D eigenvalue weighted by Gasteiger charge is -2.17. The second kappa shape index (κ2) is 4.94. The van der Waals surface area contributed by atoms with E-state index in [4.69, 9.17) is 15.6 Å². The number of halogens is 1. The van der Waals surface area contributed by atoms with Crippen LogP contribution in [0, 0.1) is 0 Å². The van der Waals surface area contributed by atoms with Gasteiger partial charge in [-0.15, -0.1) is 0 Å². The molecule has 16 heavy (non-hydrogen) atoms. The van der Waals surface area contributed by atoms with E-state index in [9.17, 15) is 9.18 Å². The maximum absolute atomic E-state index is 13.3. The number of alkyl halides is 1. The first-order valence-corrected chi connectivity index (χ1v) is 4.78. The highest BCUT2D eigenvalue weighted by molar-refractivity contribution is 5.77. The predicted octanol–water partition coefficient (Wildman–Crippen LogP) is 1.81. The topological polar surface area (TPSA) is 72.5 Å². The largest absolute Gasteiger partial charge is 0.496 e. The fourth-order valence-electron chi connectivity index (χ4n) is 1.54. The minimum absolute atomic E-state index is 0.188. The molecule has 5 heteroatoms. The lowest BCUT2D eigenvalue weighted by Crippen LogP contribution is -2.23. The summed E-state index contributed by atoms with van der Waals surface area (Å²) < 4.78 is 18.3. The summed E-state index contributed by atoms with van der Waals surface area (Å²) in [6, 6.07) is 3.38. The maximum atomic E-state index is 13.3. The van der Waals surface area contributed by atoms with Crippen molar-refractivity contribution in [1.82, 2.24) is 0 Å². The van der Waals surface area contributed by atoms with Gasteiger partial charge >= 0.3 is 5.97 Å². The lowest BCUT2D eigenvalue weighted by atomic mass is 9.97. The summed E-state index contributed by atoms with van der Waals surface area (Å²) in [4.78, 5) is 10.8. The first-order valence-electron chi connectivity index (χ1n) is 4.78. The molecule has 88 valence electrons. The molecular weight excluding hydrogens is 213 g/mol. The molecule has 0 aliphatic rings. The van der Waals surface area contributed by atoms with Gasteiger partial charge in [0.25, 0.3) is 0 Å². The highest BCUT2D eigenvalue weighted by Crippen LogP contribution is 2.32. The van der Waals surface area contributed by atoms with Crippen LogP contribution in [0.25, 0.3) is 0 Å². The van der Waals surface area contributed by atoms with Gasteiger partial charge in [-0.3, -0.25) is 4.79 Å². The first kappa shape index (κ1) is 12.4. The Morgan fingerprint density at radius 2 is 2.19 bits per heavy atom. The summed E-state index contributed by atoms with van der Waals surface area (Å²) in [7, 11) is 1.39. The number of hydrogen-bond donors (Lipinski definition) is 2. The third kappa shape index (κ3) is 2.30. The van der Waals surface area contributed by atoms with E-state index in [0.29, 0.717) is 0 Å². The van der Waals surface area contributed by atoms with Gasteiger partial charge in [0.15, 0.2) is 0 Å². The molecule has 0 amide bonds. The fraction of sp³-hybridized carbons (Fsp3) is 0.364. The molecule has 4 nitrogen and oxygen atoms in total. The van der Waals surface area contributed by atoms with Crippen molar-refractivity contribution in [1.29, 1.82) is 0 Å². The van der Waals surface area contributed by atoms with Crippen LogP contribution < -0.4 is 10.5 Å². The summed E-state index contributed by atoms with van der Waals surface area (Å²) >= 11 is 0. The number of methoxy groups -OCH3 is 1. The van der Waals surface area contributed by atoms with Crippen molar-refractivity contribution >= 4 is 5.97 Å². The van der Waals surface area contributed by atoms with Gasteiger partial charge in [-0.2, -0.15) is 0 Å². The Morgan fingerprint density at radius 1 is 1.56 bits per heavy atom. The molecule has 0 aliphatic carbocycles. The molecule has 0 bridgehead atoms.